The first kappa shape index (κ1) is 23.9. The highest BCUT2D eigenvalue weighted by Gasteiger charge is 2.12. The molecule has 0 unspecified atom stereocenters. The summed E-state index contributed by atoms with van der Waals surface area (Å²) in [5, 5.41) is 17.4. The van der Waals surface area contributed by atoms with Gasteiger partial charge in [0.25, 0.3) is 11.8 Å². The second-order valence-corrected chi connectivity index (χ2v) is 8.48. The molecule has 0 aliphatic carbocycles. The van der Waals surface area contributed by atoms with Crippen LogP contribution in [0.15, 0.2) is 48.5 Å². The number of nitrogens with one attached hydrogen (secondary N) is 3. The van der Waals surface area contributed by atoms with Crippen LogP contribution in [0.1, 0.15) is 39.6 Å². The molecule has 3 aromatic rings. The second kappa shape index (κ2) is 11.2. The van der Waals surface area contributed by atoms with Crippen molar-refractivity contribution in [1.29, 1.82) is 0 Å². The fourth-order valence-corrected chi connectivity index (χ4v) is 3.45. The van der Waals surface area contributed by atoms with Crippen molar-refractivity contribution in [2.45, 2.75) is 20.3 Å². The van der Waals surface area contributed by atoms with E-state index in [-0.39, 0.29) is 23.6 Å². The van der Waals surface area contributed by atoms with Crippen LogP contribution in [0.5, 0.6) is 5.75 Å². The third-order valence-corrected chi connectivity index (χ3v) is 5.48. The minimum Gasteiger partial charge on any atom is -0.497 e. The van der Waals surface area contributed by atoms with E-state index in [9.17, 15) is 14.4 Å². The van der Waals surface area contributed by atoms with E-state index in [1.807, 2.05) is 13.8 Å². The number of amides is 3. The van der Waals surface area contributed by atoms with E-state index >= 15 is 0 Å². The number of rotatable bonds is 9. The molecule has 3 amide bonds. The van der Waals surface area contributed by atoms with Crippen LogP contribution in [0.4, 0.5) is 10.8 Å². The Morgan fingerprint density at radius 1 is 0.970 bits per heavy atom. The van der Waals surface area contributed by atoms with Gasteiger partial charge in [-0.25, -0.2) is 0 Å². The lowest BCUT2D eigenvalue weighted by molar-refractivity contribution is -0.118. The first-order valence-corrected chi connectivity index (χ1v) is 11.1. The lowest BCUT2D eigenvalue weighted by atomic mass is 10.1. The van der Waals surface area contributed by atoms with E-state index < -0.39 is 0 Å². The molecule has 0 atom stereocenters. The lowest BCUT2D eigenvalue weighted by Gasteiger charge is -2.08. The van der Waals surface area contributed by atoms with Crippen LogP contribution in [0, 0.1) is 5.92 Å². The standard InChI is InChI=1S/C23H25N5O4S/c1-14(2)20(29)25-17-9-7-15(8-10-17)22(31)26-23-28-27-19(33-23)11-12-24-21(30)16-5-4-6-18(13-16)32-3/h4-10,13-14H,11-12H2,1-3H3,(H,24,30)(H,25,29)(H,26,28,31). The van der Waals surface area contributed by atoms with E-state index in [4.69, 9.17) is 4.74 Å². The van der Waals surface area contributed by atoms with Crippen molar-refractivity contribution in [2.75, 3.05) is 24.3 Å². The Kier molecular flexibility index (Phi) is 8.09. The molecule has 9 nitrogen and oxygen atoms in total. The fraction of sp³-hybridized carbons (Fsp3) is 0.261. The van der Waals surface area contributed by atoms with Gasteiger partial charge in [0.1, 0.15) is 10.8 Å². The van der Waals surface area contributed by atoms with E-state index in [2.05, 4.69) is 26.1 Å². The molecule has 172 valence electrons. The average Bonchev–Trinajstić information content (AvgIpc) is 3.26. The maximum absolute atomic E-state index is 12.5. The van der Waals surface area contributed by atoms with E-state index in [0.717, 1.165) is 0 Å². The number of carbonyl (C=O) groups is 3. The molecule has 3 N–H and O–H groups in total. The third kappa shape index (κ3) is 6.84. The molecule has 33 heavy (non-hydrogen) atoms. The van der Waals surface area contributed by atoms with Gasteiger partial charge in [0.15, 0.2) is 0 Å². The van der Waals surface area contributed by atoms with Crippen molar-refractivity contribution < 1.29 is 19.1 Å². The molecule has 0 radical (unpaired) electrons. The first-order valence-electron chi connectivity index (χ1n) is 10.3. The molecule has 10 heteroatoms. The summed E-state index contributed by atoms with van der Waals surface area (Å²) < 4.78 is 5.13. The van der Waals surface area contributed by atoms with Gasteiger partial charge in [-0.15, -0.1) is 10.2 Å². The van der Waals surface area contributed by atoms with Crippen LogP contribution in [0.25, 0.3) is 0 Å². The third-order valence-electron chi connectivity index (χ3n) is 4.58. The fourth-order valence-electron chi connectivity index (χ4n) is 2.72. The van der Waals surface area contributed by atoms with Gasteiger partial charge in [-0.1, -0.05) is 31.3 Å². The number of ether oxygens (including phenoxy) is 1. The van der Waals surface area contributed by atoms with E-state index in [0.29, 0.717) is 45.7 Å². The highest BCUT2D eigenvalue weighted by atomic mass is 32.1. The molecule has 0 spiro atoms. The minimum absolute atomic E-state index is 0.0896. The molecule has 0 fully saturated rings. The van der Waals surface area contributed by atoms with Crippen molar-refractivity contribution in [3.63, 3.8) is 0 Å². The number of hydrogen-bond donors (Lipinski definition) is 3. The zero-order chi connectivity index (χ0) is 23.8. The van der Waals surface area contributed by atoms with Gasteiger partial charge in [0, 0.05) is 35.7 Å². The van der Waals surface area contributed by atoms with Crippen LogP contribution < -0.4 is 20.7 Å². The van der Waals surface area contributed by atoms with E-state index in [1.165, 1.54) is 11.3 Å². The van der Waals surface area contributed by atoms with Gasteiger partial charge >= 0.3 is 0 Å². The number of benzene rings is 2. The monoisotopic (exact) mass is 467 g/mol. The normalized spacial score (nSPS) is 10.5. The van der Waals surface area contributed by atoms with Crippen molar-refractivity contribution in [3.05, 3.63) is 64.7 Å². The summed E-state index contributed by atoms with van der Waals surface area (Å²) in [7, 11) is 1.55. The highest BCUT2D eigenvalue weighted by molar-refractivity contribution is 7.15. The quantitative estimate of drug-likeness (QED) is 0.444. The number of hydrogen-bond acceptors (Lipinski definition) is 7. The zero-order valence-corrected chi connectivity index (χ0v) is 19.4. The second-order valence-electron chi connectivity index (χ2n) is 7.41. The van der Waals surface area contributed by atoms with Crippen LogP contribution in [-0.4, -0.2) is 41.6 Å². The van der Waals surface area contributed by atoms with Gasteiger partial charge in [0.05, 0.1) is 7.11 Å². The molecular weight excluding hydrogens is 442 g/mol. The maximum Gasteiger partial charge on any atom is 0.257 e. The topological polar surface area (TPSA) is 122 Å². The maximum atomic E-state index is 12.5. The highest BCUT2D eigenvalue weighted by Crippen LogP contribution is 2.18. The van der Waals surface area contributed by atoms with Crippen LogP contribution >= 0.6 is 11.3 Å². The zero-order valence-electron chi connectivity index (χ0n) is 18.5. The Morgan fingerprint density at radius 2 is 1.73 bits per heavy atom. The Hall–Kier alpha value is -3.79. The van der Waals surface area contributed by atoms with Crippen molar-refractivity contribution in [1.82, 2.24) is 15.5 Å². The minimum atomic E-state index is -0.328. The summed E-state index contributed by atoms with van der Waals surface area (Å²) in [4.78, 5) is 36.5. The summed E-state index contributed by atoms with van der Waals surface area (Å²) in [5.74, 6) is -0.143. The summed E-state index contributed by atoms with van der Waals surface area (Å²) in [6.45, 7) is 3.99. The Labute approximate surface area is 195 Å². The molecule has 2 aromatic carbocycles. The summed E-state index contributed by atoms with van der Waals surface area (Å²) in [5.41, 5.74) is 1.56. The van der Waals surface area contributed by atoms with Crippen molar-refractivity contribution in [2.24, 2.45) is 5.92 Å². The largest absolute Gasteiger partial charge is 0.497 e. The molecule has 0 aliphatic rings. The predicted molar refractivity (Wildman–Crippen MR) is 127 cm³/mol. The van der Waals surface area contributed by atoms with Gasteiger partial charge in [-0.3, -0.25) is 19.7 Å². The number of aromatic nitrogens is 2. The Morgan fingerprint density at radius 3 is 2.42 bits per heavy atom. The number of carbonyl (C=O) groups excluding carboxylic acids is 3. The van der Waals surface area contributed by atoms with Crippen molar-refractivity contribution >= 4 is 39.9 Å². The Bertz CT molecular complexity index is 1130. The van der Waals surface area contributed by atoms with Crippen LogP contribution in [0.2, 0.25) is 0 Å². The molecule has 1 heterocycles. The molecule has 0 saturated heterocycles. The van der Waals surface area contributed by atoms with E-state index in [1.54, 1.807) is 55.6 Å². The molecule has 0 saturated carbocycles. The molecular formula is C23H25N5O4S. The Balaban J connectivity index is 1.48. The molecule has 1 aromatic heterocycles. The lowest BCUT2D eigenvalue weighted by Crippen LogP contribution is -2.25. The van der Waals surface area contributed by atoms with Crippen LogP contribution in [-0.2, 0) is 11.2 Å². The smallest absolute Gasteiger partial charge is 0.257 e. The number of anilines is 2. The summed E-state index contributed by atoms with van der Waals surface area (Å²) in [6.07, 6.45) is 0.480. The number of nitrogens with zero attached hydrogens (tertiary/aromatic N) is 2. The number of methoxy groups -OCH3 is 1. The van der Waals surface area contributed by atoms with Gasteiger partial charge < -0.3 is 15.4 Å². The predicted octanol–water partition coefficient (Wildman–Crippen LogP) is 3.37. The van der Waals surface area contributed by atoms with Crippen molar-refractivity contribution in [3.8, 4) is 5.75 Å². The molecule has 0 aliphatic heterocycles. The van der Waals surface area contributed by atoms with Crippen LogP contribution in [0.3, 0.4) is 0 Å². The van der Waals surface area contributed by atoms with Gasteiger partial charge in [0.2, 0.25) is 11.0 Å². The molecule has 3 rings (SSSR count). The SMILES string of the molecule is COc1cccc(C(=O)NCCc2nnc(NC(=O)c3ccc(NC(=O)C(C)C)cc3)s2)c1. The average molecular weight is 468 g/mol. The van der Waals surface area contributed by atoms with Gasteiger partial charge in [-0.2, -0.15) is 0 Å². The summed E-state index contributed by atoms with van der Waals surface area (Å²) in [6, 6.07) is 13.5. The summed E-state index contributed by atoms with van der Waals surface area (Å²) >= 11 is 1.24. The molecule has 0 bridgehead atoms. The first-order chi connectivity index (χ1) is 15.9. The van der Waals surface area contributed by atoms with Gasteiger partial charge in [-0.05, 0) is 42.5 Å².